The average Bonchev–Trinajstić information content (AvgIpc) is 3.28. The van der Waals surface area contributed by atoms with Crippen molar-refractivity contribution in [1.82, 2.24) is 29.7 Å². The smallest absolute Gasteiger partial charge is 0.272 e. The fourth-order valence-corrected chi connectivity index (χ4v) is 7.12. The van der Waals surface area contributed by atoms with Crippen LogP contribution in [0.4, 0.5) is 0 Å². The number of ether oxygens (including phenoxy) is 1. The van der Waals surface area contributed by atoms with E-state index in [0.717, 1.165) is 22.2 Å². The Morgan fingerprint density at radius 2 is 1.85 bits per heavy atom. The van der Waals surface area contributed by atoms with Crippen molar-refractivity contribution >= 4 is 80.6 Å². The van der Waals surface area contributed by atoms with Gasteiger partial charge in [-0.05, 0) is 78.7 Å². The number of rotatable bonds is 7. The van der Waals surface area contributed by atoms with Gasteiger partial charge < -0.3 is 15.0 Å². The Bertz CT molecular complexity index is 1530. The summed E-state index contributed by atoms with van der Waals surface area (Å²) in [5, 5.41) is 10.1. The molecular weight excluding hydrogens is 681 g/mol. The van der Waals surface area contributed by atoms with Crippen LogP contribution in [0.25, 0.3) is 23.1 Å². The third-order valence-corrected chi connectivity index (χ3v) is 9.13. The Morgan fingerprint density at radius 1 is 1.12 bits per heavy atom. The minimum absolute atomic E-state index is 0.0420. The van der Waals surface area contributed by atoms with Crippen LogP contribution in [0.1, 0.15) is 54.2 Å². The van der Waals surface area contributed by atoms with Gasteiger partial charge >= 0.3 is 0 Å². The summed E-state index contributed by atoms with van der Waals surface area (Å²) in [7, 11) is 0. The van der Waals surface area contributed by atoms with Crippen LogP contribution in [-0.2, 0) is 0 Å². The predicted octanol–water partition coefficient (Wildman–Crippen LogP) is 7.06. The highest BCUT2D eigenvalue weighted by Crippen LogP contribution is 2.36. The molecule has 0 aliphatic carbocycles. The van der Waals surface area contributed by atoms with E-state index in [-0.39, 0.29) is 24.1 Å². The molecule has 1 fully saturated rings. The van der Waals surface area contributed by atoms with Gasteiger partial charge in [0, 0.05) is 54.7 Å². The van der Waals surface area contributed by atoms with Crippen molar-refractivity contribution in [3.63, 3.8) is 0 Å². The highest BCUT2D eigenvalue weighted by atomic mass is 127. The monoisotopic (exact) mass is 708 g/mol. The molecule has 12 heteroatoms. The molecule has 1 aliphatic rings. The molecule has 1 saturated heterocycles. The lowest BCUT2D eigenvalue weighted by atomic mass is 10.1. The number of amides is 1. The fourth-order valence-electron chi connectivity index (χ4n) is 4.91. The number of aromatic nitrogens is 4. The van der Waals surface area contributed by atoms with Crippen molar-refractivity contribution in [2.75, 3.05) is 13.1 Å². The van der Waals surface area contributed by atoms with Gasteiger partial charge in [0.05, 0.1) is 27.6 Å². The van der Waals surface area contributed by atoms with Crippen LogP contribution >= 0.6 is 51.6 Å². The molecule has 3 aromatic heterocycles. The summed E-state index contributed by atoms with van der Waals surface area (Å²) in [6.07, 6.45) is 8.80. The molecule has 4 aromatic rings. The van der Waals surface area contributed by atoms with Crippen LogP contribution in [0.2, 0.25) is 10.0 Å². The number of nitrogens with one attached hydrogen (secondary N) is 1. The number of nitrogens with zero attached hydrogens (tertiary/aromatic N) is 5. The molecule has 5 rings (SSSR count). The second-order valence-corrected chi connectivity index (χ2v) is 12.7. The largest absolute Gasteiger partial charge is 0.486 e. The Kier molecular flexibility index (Phi) is 9.27. The van der Waals surface area contributed by atoms with Gasteiger partial charge in [0.15, 0.2) is 0 Å². The molecule has 1 amide bonds. The molecule has 4 heterocycles. The van der Waals surface area contributed by atoms with Crippen LogP contribution in [0.3, 0.4) is 0 Å². The topological polar surface area (TPSA) is 85.2 Å². The number of hydrogen-bond donors (Lipinski definition) is 1. The number of carbonyl (C=O) groups excluding carboxylic acids is 1. The Labute approximate surface area is 257 Å². The zero-order valence-electron chi connectivity index (χ0n) is 22.1. The summed E-state index contributed by atoms with van der Waals surface area (Å²) >= 11 is 15.0. The maximum atomic E-state index is 13.0. The molecule has 1 N–H and O–H groups in total. The molecule has 208 valence electrons. The molecule has 1 unspecified atom stereocenters. The first kappa shape index (κ1) is 29.2. The van der Waals surface area contributed by atoms with Crippen molar-refractivity contribution < 1.29 is 9.53 Å². The SMILES string of the molecule is C[C@@H]1CN(C(=O)c2ccc(/C=C/c3nn(PI)c4ccc(O[C@H](C)c5c(Cl)cncc5Cl)cc34)cn2)C[C@H](C)N1. The van der Waals surface area contributed by atoms with E-state index in [1.54, 1.807) is 24.7 Å². The predicted molar refractivity (Wildman–Crippen MR) is 172 cm³/mol. The number of hydrogen-bond acceptors (Lipinski definition) is 6. The van der Waals surface area contributed by atoms with Gasteiger partial charge in [-0.1, -0.05) is 35.3 Å². The Morgan fingerprint density at radius 3 is 2.50 bits per heavy atom. The van der Waals surface area contributed by atoms with Gasteiger partial charge in [-0.15, -0.1) is 0 Å². The maximum Gasteiger partial charge on any atom is 0.272 e. The van der Waals surface area contributed by atoms with Gasteiger partial charge in [0.1, 0.15) is 17.5 Å². The van der Waals surface area contributed by atoms with Gasteiger partial charge in [-0.25, -0.2) is 4.45 Å². The normalized spacial score (nSPS) is 18.7. The van der Waals surface area contributed by atoms with Crippen molar-refractivity contribution in [3.05, 3.63) is 81.5 Å². The van der Waals surface area contributed by atoms with E-state index >= 15 is 0 Å². The number of halogens is 3. The van der Waals surface area contributed by atoms with Crippen molar-refractivity contribution in [1.29, 1.82) is 0 Å². The standard InChI is InChI=1S/C28H28Cl2IN6O2P/c1-16-14-36(15-17(2)34-16)28(38)25-8-5-19(11-33-25)4-7-24-21-10-20(6-9-26(21)37(35-24)40-31)39-18(3)27-22(29)12-32-13-23(27)30/h4-13,16-18,34,40H,14-15H2,1-3H3/b7-4+/t16-,17+,18-/m1/s1. The van der Waals surface area contributed by atoms with Crippen molar-refractivity contribution in [3.8, 4) is 5.75 Å². The molecule has 0 spiro atoms. The summed E-state index contributed by atoms with van der Waals surface area (Å²) in [6.45, 7) is 7.42. The van der Waals surface area contributed by atoms with E-state index in [1.165, 1.54) is 0 Å². The van der Waals surface area contributed by atoms with Gasteiger partial charge in [0.2, 0.25) is 0 Å². The van der Waals surface area contributed by atoms with E-state index in [9.17, 15) is 4.79 Å². The van der Waals surface area contributed by atoms with Crippen LogP contribution in [-0.4, -0.2) is 55.5 Å². The molecule has 0 bridgehead atoms. The summed E-state index contributed by atoms with van der Waals surface area (Å²) < 4.78 is 8.19. The van der Waals surface area contributed by atoms with Crippen molar-refractivity contribution in [2.24, 2.45) is 0 Å². The fraction of sp³-hybridized carbons (Fsp3) is 0.286. The quantitative estimate of drug-likeness (QED) is 0.164. The third-order valence-electron chi connectivity index (χ3n) is 6.65. The number of carbonyl (C=O) groups is 1. The summed E-state index contributed by atoms with van der Waals surface area (Å²) in [5.74, 6) is 0.635. The summed E-state index contributed by atoms with van der Waals surface area (Å²) in [4.78, 5) is 23.3. The number of pyridine rings is 2. The molecule has 4 atom stereocenters. The molecular formula is C28H28Cl2IN6O2P. The average molecular weight is 709 g/mol. The zero-order valence-corrected chi connectivity index (χ0v) is 26.8. The van der Waals surface area contributed by atoms with E-state index in [0.29, 0.717) is 46.5 Å². The minimum atomic E-state index is -0.374. The van der Waals surface area contributed by atoms with Gasteiger partial charge in [-0.3, -0.25) is 14.8 Å². The van der Waals surface area contributed by atoms with Crippen LogP contribution < -0.4 is 10.1 Å². The Balaban J connectivity index is 1.36. The Hall–Kier alpha value is -2.30. The molecule has 0 radical (unpaired) electrons. The lowest BCUT2D eigenvalue weighted by Crippen LogP contribution is -2.55. The van der Waals surface area contributed by atoms with Crippen LogP contribution in [0.15, 0.2) is 48.9 Å². The number of fused-ring (bicyclic) bond motifs is 1. The van der Waals surface area contributed by atoms with Gasteiger partial charge in [0.25, 0.3) is 5.91 Å². The van der Waals surface area contributed by atoms with Crippen LogP contribution in [0, 0.1) is 0 Å². The highest BCUT2D eigenvalue weighted by molar-refractivity contribution is 14.2. The van der Waals surface area contributed by atoms with Crippen molar-refractivity contribution in [2.45, 2.75) is 39.0 Å². The molecule has 0 saturated carbocycles. The molecule has 1 aromatic carbocycles. The second kappa shape index (κ2) is 12.7. The molecule has 1 aliphatic heterocycles. The van der Waals surface area contributed by atoms with E-state index in [1.807, 2.05) is 52.7 Å². The highest BCUT2D eigenvalue weighted by Gasteiger charge is 2.26. The second-order valence-electron chi connectivity index (χ2n) is 9.83. The zero-order chi connectivity index (χ0) is 28.4. The molecule has 8 nitrogen and oxygen atoms in total. The third kappa shape index (κ3) is 6.44. The summed E-state index contributed by atoms with van der Waals surface area (Å²) in [5.41, 5.74) is 3.83. The number of benzene rings is 1. The maximum absolute atomic E-state index is 13.0. The first-order valence-electron chi connectivity index (χ1n) is 12.8. The lowest BCUT2D eigenvalue weighted by Gasteiger charge is -2.35. The molecule has 40 heavy (non-hydrogen) atoms. The van der Waals surface area contributed by atoms with Gasteiger partial charge in [-0.2, -0.15) is 5.10 Å². The summed E-state index contributed by atoms with van der Waals surface area (Å²) in [6, 6.07) is 10.1. The minimum Gasteiger partial charge on any atom is -0.486 e. The lowest BCUT2D eigenvalue weighted by molar-refractivity contribution is 0.0668. The van der Waals surface area contributed by atoms with Crippen LogP contribution in [0.5, 0.6) is 5.75 Å². The first-order chi connectivity index (χ1) is 19.2. The van der Waals surface area contributed by atoms with E-state index in [2.05, 4.69) is 51.2 Å². The van der Waals surface area contributed by atoms with E-state index in [4.69, 9.17) is 33.0 Å². The number of piperazine rings is 1. The first-order valence-corrected chi connectivity index (χ1v) is 17.6. The van der Waals surface area contributed by atoms with E-state index < -0.39 is 0 Å².